The fraction of sp³-hybridized carbons (Fsp3) is 0.588. The maximum absolute atomic E-state index is 13.2. The minimum absolute atomic E-state index is 0.185. The van der Waals surface area contributed by atoms with Crippen LogP contribution >= 0.6 is 0 Å². The van der Waals surface area contributed by atoms with Crippen LogP contribution in [-0.4, -0.2) is 18.6 Å². The molecule has 0 heterocycles. The van der Waals surface area contributed by atoms with Crippen molar-refractivity contribution in [1.29, 1.82) is 0 Å². The van der Waals surface area contributed by atoms with Crippen molar-refractivity contribution in [2.75, 3.05) is 6.61 Å². The number of primary amides is 1. The van der Waals surface area contributed by atoms with Crippen LogP contribution in [0.1, 0.15) is 44.1 Å². The van der Waals surface area contributed by atoms with Gasteiger partial charge in [0.1, 0.15) is 5.82 Å². The summed E-state index contributed by atoms with van der Waals surface area (Å²) >= 11 is 0. The first-order valence-corrected chi connectivity index (χ1v) is 7.80. The SMILES string of the molecule is NC(=O)C1(c2ccc(F)cc2)CCCCC1OCC1CC1. The van der Waals surface area contributed by atoms with E-state index in [4.69, 9.17) is 10.5 Å². The minimum Gasteiger partial charge on any atom is -0.376 e. The highest BCUT2D eigenvalue weighted by Gasteiger charge is 2.48. The molecule has 114 valence electrons. The number of rotatable bonds is 5. The van der Waals surface area contributed by atoms with Crippen LogP contribution in [0.4, 0.5) is 4.39 Å². The molecule has 21 heavy (non-hydrogen) atoms. The van der Waals surface area contributed by atoms with Crippen LogP contribution in [0.2, 0.25) is 0 Å². The predicted octanol–water partition coefficient (Wildman–Crippen LogP) is 2.92. The van der Waals surface area contributed by atoms with Crippen LogP contribution in [0.25, 0.3) is 0 Å². The molecule has 2 saturated carbocycles. The number of hydrogen-bond donors (Lipinski definition) is 1. The Hall–Kier alpha value is -1.42. The third-order valence-corrected chi connectivity index (χ3v) is 4.87. The maximum atomic E-state index is 13.2. The van der Waals surface area contributed by atoms with Gasteiger partial charge < -0.3 is 10.5 Å². The molecular weight excluding hydrogens is 269 g/mol. The molecule has 0 bridgehead atoms. The van der Waals surface area contributed by atoms with Crippen LogP contribution in [0.5, 0.6) is 0 Å². The monoisotopic (exact) mass is 291 g/mol. The Morgan fingerprint density at radius 1 is 1.24 bits per heavy atom. The van der Waals surface area contributed by atoms with E-state index >= 15 is 0 Å². The van der Waals surface area contributed by atoms with Crippen molar-refractivity contribution in [1.82, 2.24) is 0 Å². The molecule has 3 rings (SSSR count). The summed E-state index contributed by atoms with van der Waals surface area (Å²) in [6.45, 7) is 0.709. The van der Waals surface area contributed by atoms with Crippen molar-refractivity contribution in [2.24, 2.45) is 11.7 Å². The molecule has 0 aliphatic heterocycles. The second-order valence-electron chi connectivity index (χ2n) is 6.35. The number of amides is 1. The molecule has 2 atom stereocenters. The van der Waals surface area contributed by atoms with E-state index in [2.05, 4.69) is 0 Å². The van der Waals surface area contributed by atoms with Gasteiger partial charge >= 0.3 is 0 Å². The Balaban J connectivity index is 1.90. The van der Waals surface area contributed by atoms with Crippen LogP contribution in [0.15, 0.2) is 24.3 Å². The van der Waals surface area contributed by atoms with Gasteiger partial charge in [0.2, 0.25) is 5.91 Å². The first kappa shape index (κ1) is 14.5. The van der Waals surface area contributed by atoms with Crippen molar-refractivity contribution < 1.29 is 13.9 Å². The molecule has 2 unspecified atom stereocenters. The zero-order chi connectivity index (χ0) is 14.9. The molecule has 2 aliphatic rings. The summed E-state index contributed by atoms with van der Waals surface area (Å²) in [4.78, 5) is 12.3. The summed E-state index contributed by atoms with van der Waals surface area (Å²) in [7, 11) is 0. The van der Waals surface area contributed by atoms with Gasteiger partial charge in [0.15, 0.2) is 0 Å². The Labute approximate surface area is 124 Å². The molecule has 3 nitrogen and oxygen atoms in total. The lowest BCUT2D eigenvalue weighted by atomic mass is 9.66. The van der Waals surface area contributed by atoms with E-state index < -0.39 is 5.41 Å². The number of carbonyl (C=O) groups is 1. The van der Waals surface area contributed by atoms with Gasteiger partial charge in [-0.1, -0.05) is 25.0 Å². The fourth-order valence-electron chi connectivity index (χ4n) is 3.40. The van der Waals surface area contributed by atoms with Gasteiger partial charge in [-0.15, -0.1) is 0 Å². The molecule has 2 N–H and O–H groups in total. The van der Waals surface area contributed by atoms with Crippen LogP contribution < -0.4 is 5.73 Å². The molecule has 1 aromatic rings. The standard InChI is InChI=1S/C17H22FNO2/c18-14-8-6-13(7-9-14)17(16(19)20)10-2-1-3-15(17)21-11-12-4-5-12/h6-9,12,15H,1-5,10-11H2,(H2,19,20). The maximum Gasteiger partial charge on any atom is 0.230 e. The lowest BCUT2D eigenvalue weighted by Crippen LogP contribution is -2.53. The Kier molecular flexibility index (Phi) is 3.98. The van der Waals surface area contributed by atoms with Gasteiger partial charge in [-0.25, -0.2) is 4.39 Å². The summed E-state index contributed by atoms with van der Waals surface area (Å²) < 4.78 is 19.3. The van der Waals surface area contributed by atoms with Gasteiger partial charge in [0.25, 0.3) is 0 Å². The Morgan fingerprint density at radius 2 is 1.95 bits per heavy atom. The summed E-state index contributed by atoms with van der Waals surface area (Å²) in [5, 5.41) is 0. The van der Waals surface area contributed by atoms with E-state index in [1.807, 2.05) is 0 Å². The third kappa shape index (κ3) is 2.82. The largest absolute Gasteiger partial charge is 0.376 e. The van der Waals surface area contributed by atoms with Crippen molar-refractivity contribution in [2.45, 2.75) is 50.0 Å². The molecule has 4 heteroatoms. The molecule has 0 aromatic heterocycles. The second-order valence-corrected chi connectivity index (χ2v) is 6.35. The van der Waals surface area contributed by atoms with Crippen molar-refractivity contribution in [3.8, 4) is 0 Å². The number of ether oxygens (including phenoxy) is 1. The first-order valence-electron chi connectivity index (χ1n) is 7.80. The van der Waals surface area contributed by atoms with Crippen molar-refractivity contribution in [3.05, 3.63) is 35.6 Å². The molecule has 1 amide bonds. The van der Waals surface area contributed by atoms with E-state index in [1.54, 1.807) is 12.1 Å². The normalized spacial score (nSPS) is 29.3. The summed E-state index contributed by atoms with van der Waals surface area (Å²) in [6.07, 6.45) is 5.76. The summed E-state index contributed by atoms with van der Waals surface area (Å²) in [6, 6.07) is 6.15. The zero-order valence-corrected chi connectivity index (χ0v) is 12.2. The Morgan fingerprint density at radius 3 is 2.57 bits per heavy atom. The summed E-state index contributed by atoms with van der Waals surface area (Å²) in [5.41, 5.74) is 5.76. The van der Waals surface area contributed by atoms with E-state index in [9.17, 15) is 9.18 Å². The van der Waals surface area contributed by atoms with Crippen LogP contribution in [0, 0.1) is 11.7 Å². The Bertz CT molecular complexity index is 512. The van der Waals surface area contributed by atoms with Gasteiger partial charge in [0, 0.05) is 6.61 Å². The lowest BCUT2D eigenvalue weighted by Gasteiger charge is -2.42. The number of benzene rings is 1. The highest BCUT2D eigenvalue weighted by atomic mass is 19.1. The average molecular weight is 291 g/mol. The number of carbonyl (C=O) groups excluding carboxylic acids is 1. The average Bonchev–Trinajstić information content (AvgIpc) is 3.30. The van der Waals surface area contributed by atoms with E-state index in [-0.39, 0.29) is 17.8 Å². The summed E-state index contributed by atoms with van der Waals surface area (Å²) in [5.74, 6) is -0.00930. The van der Waals surface area contributed by atoms with Gasteiger partial charge in [-0.2, -0.15) is 0 Å². The van der Waals surface area contributed by atoms with Gasteiger partial charge in [-0.3, -0.25) is 4.79 Å². The lowest BCUT2D eigenvalue weighted by molar-refractivity contribution is -0.133. The van der Waals surface area contributed by atoms with Crippen molar-refractivity contribution >= 4 is 5.91 Å². The first-order chi connectivity index (χ1) is 10.1. The number of nitrogens with two attached hydrogens (primary N) is 1. The predicted molar refractivity (Wildman–Crippen MR) is 78.2 cm³/mol. The van der Waals surface area contributed by atoms with Crippen LogP contribution in [0.3, 0.4) is 0 Å². The van der Waals surface area contributed by atoms with E-state index in [0.29, 0.717) is 18.9 Å². The molecule has 1 aromatic carbocycles. The highest BCUT2D eigenvalue weighted by Crippen LogP contribution is 2.42. The molecule has 0 spiro atoms. The van der Waals surface area contributed by atoms with Crippen molar-refractivity contribution in [3.63, 3.8) is 0 Å². The topological polar surface area (TPSA) is 52.3 Å². The highest BCUT2D eigenvalue weighted by molar-refractivity contribution is 5.87. The van der Waals surface area contributed by atoms with E-state index in [1.165, 1.54) is 25.0 Å². The zero-order valence-electron chi connectivity index (χ0n) is 12.2. The smallest absolute Gasteiger partial charge is 0.230 e. The quantitative estimate of drug-likeness (QED) is 0.907. The second kappa shape index (κ2) is 5.76. The molecular formula is C17H22FNO2. The van der Waals surface area contributed by atoms with E-state index in [0.717, 1.165) is 24.8 Å². The van der Waals surface area contributed by atoms with Crippen LogP contribution in [-0.2, 0) is 14.9 Å². The number of halogens is 1. The minimum atomic E-state index is -0.805. The molecule has 0 saturated heterocycles. The molecule has 2 aliphatic carbocycles. The fourth-order valence-corrected chi connectivity index (χ4v) is 3.40. The van der Waals surface area contributed by atoms with Gasteiger partial charge in [-0.05, 0) is 49.3 Å². The molecule has 0 radical (unpaired) electrons. The third-order valence-electron chi connectivity index (χ3n) is 4.87. The molecule has 2 fully saturated rings. The number of hydrogen-bond acceptors (Lipinski definition) is 2. The van der Waals surface area contributed by atoms with Gasteiger partial charge in [0.05, 0.1) is 11.5 Å².